The number of tetrazole rings is 1. The topological polar surface area (TPSA) is 148 Å². The van der Waals surface area contributed by atoms with Gasteiger partial charge in [0.1, 0.15) is 18.2 Å². The average Bonchev–Trinajstić information content (AvgIpc) is 3.43. The number of nitrogens with zero attached hydrogens (tertiary/aromatic N) is 7. The van der Waals surface area contributed by atoms with Crippen molar-refractivity contribution in [3.8, 4) is 17.3 Å². The number of pyridine rings is 2. The lowest BCUT2D eigenvalue weighted by Gasteiger charge is -2.32. The van der Waals surface area contributed by atoms with Crippen molar-refractivity contribution in [2.75, 3.05) is 37.0 Å². The van der Waals surface area contributed by atoms with Crippen LogP contribution in [0.1, 0.15) is 51.3 Å². The maximum atomic E-state index is 9.76. The molecule has 4 heterocycles. The minimum Gasteiger partial charge on any atom is -0.381 e. The molecule has 1 aliphatic heterocycles. The molecule has 2 aliphatic rings. The van der Waals surface area contributed by atoms with E-state index in [4.69, 9.17) is 26.1 Å². The lowest BCUT2D eigenvalue weighted by atomic mass is 9.82. The summed E-state index contributed by atoms with van der Waals surface area (Å²) in [6.07, 6.45) is 7.34. The first-order chi connectivity index (χ1) is 20.4. The summed E-state index contributed by atoms with van der Waals surface area (Å²) in [4.78, 5) is 9.34. The van der Waals surface area contributed by atoms with Gasteiger partial charge in [-0.25, -0.2) is 14.6 Å². The van der Waals surface area contributed by atoms with Crippen LogP contribution in [0, 0.1) is 16.7 Å². The number of anilines is 2. The highest BCUT2D eigenvalue weighted by Gasteiger charge is 2.32. The number of aryl methyl sites for hydroxylation is 1. The van der Waals surface area contributed by atoms with Gasteiger partial charge in [-0.3, -0.25) is 0 Å². The summed E-state index contributed by atoms with van der Waals surface area (Å²) in [7, 11) is 1.81. The smallest absolute Gasteiger partial charge is 0.176 e. The van der Waals surface area contributed by atoms with Crippen molar-refractivity contribution >= 4 is 23.2 Å². The van der Waals surface area contributed by atoms with E-state index in [2.05, 4.69) is 49.5 Å². The Hall–Kier alpha value is -3.37. The molecule has 42 heavy (non-hydrogen) atoms. The number of rotatable bonds is 12. The molecular formula is C29H39ClN10O2. The zero-order valence-corrected chi connectivity index (χ0v) is 25.0. The van der Waals surface area contributed by atoms with E-state index < -0.39 is 5.41 Å². The Morgan fingerprint density at radius 1 is 1.19 bits per heavy atom. The van der Waals surface area contributed by atoms with Crippen molar-refractivity contribution in [3.05, 3.63) is 41.3 Å². The van der Waals surface area contributed by atoms with E-state index in [9.17, 15) is 5.26 Å². The van der Waals surface area contributed by atoms with E-state index in [1.165, 1.54) is 0 Å². The highest BCUT2D eigenvalue weighted by molar-refractivity contribution is 6.33. The maximum absolute atomic E-state index is 9.76. The SMILES string of the molecule is C[C@H](COCc1nnnn1C)NC1CCC(Nc2cc(-c3cccc(NCC4(C#N)CCOCC4)n3)c(Cl)cn2)CC1. The Labute approximate surface area is 251 Å². The van der Waals surface area contributed by atoms with Crippen LogP contribution in [0.25, 0.3) is 11.3 Å². The van der Waals surface area contributed by atoms with Crippen LogP contribution in [0.3, 0.4) is 0 Å². The first kappa shape index (κ1) is 30.1. The Morgan fingerprint density at radius 2 is 1.98 bits per heavy atom. The molecule has 1 atom stereocenters. The van der Waals surface area contributed by atoms with Crippen molar-refractivity contribution < 1.29 is 9.47 Å². The van der Waals surface area contributed by atoms with Gasteiger partial charge in [0.25, 0.3) is 0 Å². The van der Waals surface area contributed by atoms with Crippen LogP contribution in [-0.2, 0) is 23.1 Å². The second-order valence-electron chi connectivity index (χ2n) is 11.3. The first-order valence-corrected chi connectivity index (χ1v) is 15.0. The molecule has 3 aromatic rings. The van der Waals surface area contributed by atoms with Gasteiger partial charge in [-0.1, -0.05) is 17.7 Å². The number of nitrogens with one attached hydrogen (secondary N) is 3. The minimum atomic E-state index is -0.433. The second kappa shape index (κ2) is 14.2. The predicted octanol–water partition coefficient (Wildman–Crippen LogP) is 3.97. The van der Waals surface area contributed by atoms with Gasteiger partial charge in [-0.15, -0.1) is 5.10 Å². The summed E-state index contributed by atoms with van der Waals surface area (Å²) < 4.78 is 12.9. The predicted molar refractivity (Wildman–Crippen MR) is 160 cm³/mol. The van der Waals surface area contributed by atoms with Crippen LogP contribution >= 0.6 is 11.6 Å². The molecule has 0 aromatic carbocycles. The molecule has 0 spiro atoms. The number of nitriles is 1. The van der Waals surface area contributed by atoms with Crippen LogP contribution in [0.5, 0.6) is 0 Å². The van der Waals surface area contributed by atoms with Crippen LogP contribution < -0.4 is 16.0 Å². The minimum absolute atomic E-state index is 0.237. The van der Waals surface area contributed by atoms with E-state index >= 15 is 0 Å². The summed E-state index contributed by atoms with van der Waals surface area (Å²) in [5, 5.41) is 32.4. The third-order valence-electron chi connectivity index (χ3n) is 8.08. The monoisotopic (exact) mass is 594 g/mol. The van der Waals surface area contributed by atoms with Gasteiger partial charge in [0.15, 0.2) is 5.82 Å². The molecule has 1 aliphatic carbocycles. The van der Waals surface area contributed by atoms with E-state index in [0.717, 1.165) is 55.6 Å². The Balaban J connectivity index is 1.11. The maximum Gasteiger partial charge on any atom is 0.176 e. The molecule has 3 aromatic heterocycles. The molecule has 0 radical (unpaired) electrons. The standard InChI is InChI=1S/C29H39ClN10O2/c1-20(16-42-17-28-37-38-39-40(28)2)34-21-6-8-22(9-7-21)35-27-14-23(24(30)15-32-27)25-4-3-5-26(36-25)33-19-29(18-31)10-12-41-13-11-29/h3-5,14-15,20-22,34H,6-13,16-17,19H2,1-2H3,(H,32,35)(H,33,36)/t20-,21?,22?/m1/s1. The summed E-state index contributed by atoms with van der Waals surface area (Å²) >= 11 is 6.57. The van der Waals surface area contributed by atoms with Gasteiger partial charge in [0.2, 0.25) is 0 Å². The summed E-state index contributed by atoms with van der Waals surface area (Å²) in [5.74, 6) is 2.22. The first-order valence-electron chi connectivity index (χ1n) is 14.6. The Morgan fingerprint density at radius 3 is 2.71 bits per heavy atom. The fourth-order valence-corrected chi connectivity index (χ4v) is 5.71. The largest absolute Gasteiger partial charge is 0.381 e. The molecule has 2 fully saturated rings. The van der Waals surface area contributed by atoms with Crippen molar-refractivity contribution in [2.45, 2.75) is 70.2 Å². The van der Waals surface area contributed by atoms with Gasteiger partial charge in [0.05, 0.1) is 28.8 Å². The third kappa shape index (κ3) is 7.92. The Bertz CT molecular complexity index is 1350. The lowest BCUT2D eigenvalue weighted by molar-refractivity contribution is 0.0455. The molecule has 5 rings (SSSR count). The molecule has 13 heteroatoms. The number of halogens is 1. The van der Waals surface area contributed by atoms with Crippen LogP contribution in [0.15, 0.2) is 30.5 Å². The molecule has 224 valence electrons. The van der Waals surface area contributed by atoms with Gasteiger partial charge >= 0.3 is 0 Å². The number of hydrogen-bond acceptors (Lipinski definition) is 11. The van der Waals surface area contributed by atoms with E-state index in [1.807, 2.05) is 24.3 Å². The van der Waals surface area contributed by atoms with E-state index in [1.54, 1.807) is 17.9 Å². The van der Waals surface area contributed by atoms with Crippen LogP contribution in [0.2, 0.25) is 5.02 Å². The van der Waals surface area contributed by atoms with Gasteiger partial charge < -0.3 is 25.4 Å². The average molecular weight is 595 g/mol. The highest BCUT2D eigenvalue weighted by atomic mass is 35.5. The van der Waals surface area contributed by atoms with E-state index in [-0.39, 0.29) is 6.04 Å². The van der Waals surface area contributed by atoms with Crippen LogP contribution in [0.4, 0.5) is 11.6 Å². The third-order valence-corrected chi connectivity index (χ3v) is 8.38. The van der Waals surface area contributed by atoms with E-state index in [0.29, 0.717) is 61.7 Å². The van der Waals surface area contributed by atoms with Crippen LogP contribution in [-0.4, -0.2) is 74.7 Å². The van der Waals surface area contributed by atoms with Gasteiger partial charge in [0, 0.05) is 56.7 Å². The summed E-state index contributed by atoms with van der Waals surface area (Å²) in [5.41, 5.74) is 1.14. The van der Waals surface area contributed by atoms with Gasteiger partial charge in [-0.05, 0) is 74.1 Å². The number of ether oxygens (including phenoxy) is 2. The van der Waals surface area contributed by atoms with Gasteiger partial charge in [-0.2, -0.15) is 5.26 Å². The van der Waals surface area contributed by atoms with Crippen molar-refractivity contribution in [1.29, 1.82) is 5.26 Å². The zero-order valence-electron chi connectivity index (χ0n) is 24.2. The molecule has 0 amide bonds. The molecular weight excluding hydrogens is 556 g/mol. The number of aromatic nitrogens is 6. The fourth-order valence-electron chi connectivity index (χ4n) is 5.51. The zero-order chi connectivity index (χ0) is 29.4. The molecule has 0 bridgehead atoms. The number of hydrogen-bond donors (Lipinski definition) is 3. The summed E-state index contributed by atoms with van der Waals surface area (Å²) in [6, 6.07) is 11.3. The quantitative estimate of drug-likeness (QED) is 0.280. The highest BCUT2D eigenvalue weighted by Crippen LogP contribution is 2.32. The molecule has 3 N–H and O–H groups in total. The lowest BCUT2D eigenvalue weighted by Crippen LogP contribution is -2.43. The van der Waals surface area contributed by atoms with Crippen molar-refractivity contribution in [3.63, 3.8) is 0 Å². The Kier molecular flexibility index (Phi) is 10.2. The molecule has 1 saturated carbocycles. The fraction of sp³-hybridized carbons (Fsp3) is 0.586. The second-order valence-corrected chi connectivity index (χ2v) is 11.7. The molecule has 12 nitrogen and oxygen atoms in total. The van der Waals surface area contributed by atoms with Crippen molar-refractivity contribution in [2.24, 2.45) is 12.5 Å². The summed E-state index contributed by atoms with van der Waals surface area (Å²) in [6.45, 7) is 4.90. The van der Waals surface area contributed by atoms with Crippen molar-refractivity contribution in [1.82, 2.24) is 35.5 Å². The molecule has 1 saturated heterocycles. The normalized spacial score (nSPS) is 20.9. The molecule has 0 unspecified atom stereocenters.